The van der Waals surface area contributed by atoms with Gasteiger partial charge in [0.15, 0.2) is 12.0 Å². The van der Waals surface area contributed by atoms with Crippen LogP contribution in [0.3, 0.4) is 0 Å². The minimum Gasteiger partial charge on any atom is -0.443 e. The van der Waals surface area contributed by atoms with E-state index in [9.17, 15) is 0 Å². The van der Waals surface area contributed by atoms with Crippen molar-refractivity contribution in [2.24, 2.45) is 0 Å². The van der Waals surface area contributed by atoms with Crippen molar-refractivity contribution in [2.45, 2.75) is 27.7 Å². The van der Waals surface area contributed by atoms with Crippen molar-refractivity contribution in [2.75, 3.05) is 0 Å². The van der Waals surface area contributed by atoms with E-state index in [2.05, 4.69) is 72.6 Å². The van der Waals surface area contributed by atoms with Crippen molar-refractivity contribution in [3.05, 3.63) is 89.6 Å². The number of imidazole rings is 1. The van der Waals surface area contributed by atoms with Crippen LogP contribution in [0.4, 0.5) is 0 Å². The molecule has 0 unspecified atom stereocenters. The molecule has 0 atom stereocenters. The lowest BCUT2D eigenvalue weighted by Crippen LogP contribution is -2.03. The van der Waals surface area contributed by atoms with E-state index < -0.39 is 0 Å². The first kappa shape index (κ1) is 18.4. The molecule has 3 aromatic carbocycles. The fraction of sp³-hybridized carbons (Fsp3) is 0.154. The summed E-state index contributed by atoms with van der Waals surface area (Å²) >= 11 is 0. The maximum absolute atomic E-state index is 5.49. The van der Waals surface area contributed by atoms with Crippen molar-refractivity contribution in [3.8, 4) is 28.2 Å². The van der Waals surface area contributed by atoms with E-state index >= 15 is 0 Å². The maximum Gasteiger partial charge on any atom is 0.182 e. The van der Waals surface area contributed by atoms with Crippen molar-refractivity contribution < 1.29 is 4.42 Å². The fourth-order valence-electron chi connectivity index (χ4n) is 4.50. The minimum absolute atomic E-state index is 0.765. The second kappa shape index (κ2) is 6.99. The summed E-state index contributed by atoms with van der Waals surface area (Å²) in [5, 5.41) is 0. The zero-order valence-corrected chi connectivity index (χ0v) is 17.6. The molecule has 0 aliphatic heterocycles. The van der Waals surface area contributed by atoms with Crippen molar-refractivity contribution in [1.29, 1.82) is 0 Å². The number of rotatable bonds is 3. The highest BCUT2D eigenvalue weighted by Crippen LogP contribution is 2.34. The molecular weight excluding hydrogens is 370 g/mol. The van der Waals surface area contributed by atoms with Gasteiger partial charge in [-0.2, -0.15) is 0 Å². The molecular formula is C26H23N3O. The van der Waals surface area contributed by atoms with Gasteiger partial charge in [-0.3, -0.25) is 4.57 Å². The first-order chi connectivity index (χ1) is 14.5. The molecule has 2 aromatic heterocycles. The summed E-state index contributed by atoms with van der Waals surface area (Å²) in [5.41, 5.74) is 11.3. The average Bonchev–Trinajstić information content (AvgIpc) is 3.36. The molecule has 148 valence electrons. The van der Waals surface area contributed by atoms with E-state index in [4.69, 9.17) is 4.42 Å². The third-order valence-electron chi connectivity index (χ3n) is 5.74. The van der Waals surface area contributed by atoms with Crippen LogP contribution >= 0.6 is 0 Å². The van der Waals surface area contributed by atoms with Crippen molar-refractivity contribution in [1.82, 2.24) is 14.5 Å². The Balaban J connectivity index is 1.69. The lowest BCUT2D eigenvalue weighted by Gasteiger charge is -2.18. The molecule has 0 aliphatic rings. The largest absolute Gasteiger partial charge is 0.443 e. The zero-order chi connectivity index (χ0) is 20.8. The molecule has 0 saturated carbocycles. The van der Waals surface area contributed by atoms with Crippen LogP contribution in [0.5, 0.6) is 0 Å². The molecule has 30 heavy (non-hydrogen) atoms. The average molecular weight is 393 g/mol. The molecule has 5 aromatic rings. The first-order valence-corrected chi connectivity index (χ1v) is 10.1. The van der Waals surface area contributed by atoms with Gasteiger partial charge in [0.25, 0.3) is 0 Å². The summed E-state index contributed by atoms with van der Waals surface area (Å²) < 4.78 is 7.64. The molecule has 0 N–H and O–H groups in total. The number of aryl methyl sites for hydroxylation is 4. The summed E-state index contributed by atoms with van der Waals surface area (Å²) in [4.78, 5) is 9.07. The number of fused-ring (bicyclic) bond motifs is 1. The fourth-order valence-corrected chi connectivity index (χ4v) is 4.50. The van der Waals surface area contributed by atoms with Crippen LogP contribution in [0.1, 0.15) is 22.3 Å². The monoisotopic (exact) mass is 393 g/mol. The van der Waals surface area contributed by atoms with E-state index in [1.165, 1.54) is 39.8 Å². The summed E-state index contributed by atoms with van der Waals surface area (Å²) in [7, 11) is 0. The Kier molecular flexibility index (Phi) is 4.28. The predicted molar refractivity (Wildman–Crippen MR) is 121 cm³/mol. The van der Waals surface area contributed by atoms with E-state index in [-0.39, 0.29) is 0 Å². The van der Waals surface area contributed by atoms with E-state index in [1.54, 1.807) is 0 Å². The van der Waals surface area contributed by atoms with Gasteiger partial charge < -0.3 is 4.42 Å². The van der Waals surface area contributed by atoms with Crippen LogP contribution in [0.2, 0.25) is 0 Å². The summed E-state index contributed by atoms with van der Waals surface area (Å²) in [6, 6.07) is 17.0. The van der Waals surface area contributed by atoms with E-state index in [1.807, 2.05) is 30.6 Å². The van der Waals surface area contributed by atoms with Crippen LogP contribution in [0.15, 0.2) is 71.7 Å². The van der Waals surface area contributed by atoms with Gasteiger partial charge in [0, 0.05) is 18.0 Å². The van der Waals surface area contributed by atoms with Gasteiger partial charge in [0.1, 0.15) is 11.3 Å². The Morgan fingerprint density at radius 2 is 1.50 bits per heavy atom. The number of aromatic nitrogens is 3. The number of hydrogen-bond acceptors (Lipinski definition) is 3. The SMILES string of the molecule is Cc1cccc(C)c1-c1cc(C)c(-n2ccnc2-c2cccc3ocnc23)c(C)c1. The Labute approximate surface area is 175 Å². The molecule has 0 aliphatic carbocycles. The van der Waals surface area contributed by atoms with E-state index in [0.717, 1.165) is 28.2 Å². The highest BCUT2D eigenvalue weighted by molar-refractivity contribution is 5.89. The summed E-state index contributed by atoms with van der Waals surface area (Å²) in [5.74, 6) is 0.862. The molecule has 0 fully saturated rings. The van der Waals surface area contributed by atoms with E-state index in [0.29, 0.717) is 0 Å². The predicted octanol–water partition coefficient (Wildman–Crippen LogP) is 6.58. The highest BCUT2D eigenvalue weighted by atomic mass is 16.3. The second-order valence-electron chi connectivity index (χ2n) is 7.85. The summed E-state index contributed by atoms with van der Waals surface area (Å²) in [6.07, 6.45) is 5.34. The van der Waals surface area contributed by atoms with Gasteiger partial charge in [-0.25, -0.2) is 9.97 Å². The first-order valence-electron chi connectivity index (χ1n) is 10.1. The molecule has 4 heteroatoms. The number of benzene rings is 3. The molecule has 0 radical (unpaired) electrons. The van der Waals surface area contributed by atoms with Crippen molar-refractivity contribution in [3.63, 3.8) is 0 Å². The molecule has 0 bridgehead atoms. The number of hydrogen-bond donors (Lipinski definition) is 0. The second-order valence-corrected chi connectivity index (χ2v) is 7.85. The minimum atomic E-state index is 0.765. The third-order valence-corrected chi connectivity index (χ3v) is 5.74. The molecule has 0 spiro atoms. The van der Waals surface area contributed by atoms with Crippen molar-refractivity contribution >= 4 is 11.1 Å². The number of nitrogens with zero attached hydrogens (tertiary/aromatic N) is 3. The molecule has 0 saturated heterocycles. The van der Waals surface area contributed by atoms with Gasteiger partial charge in [-0.05, 0) is 85.3 Å². The molecule has 4 nitrogen and oxygen atoms in total. The van der Waals surface area contributed by atoms with Crippen LogP contribution in [-0.2, 0) is 0 Å². The Bertz CT molecular complexity index is 1350. The van der Waals surface area contributed by atoms with Gasteiger partial charge in [-0.1, -0.05) is 24.3 Å². The summed E-state index contributed by atoms with van der Waals surface area (Å²) in [6.45, 7) is 8.68. The van der Waals surface area contributed by atoms with Gasteiger partial charge >= 0.3 is 0 Å². The number of oxazole rings is 1. The topological polar surface area (TPSA) is 43.9 Å². The van der Waals surface area contributed by atoms with Gasteiger partial charge in [0.05, 0.1) is 5.69 Å². The normalized spacial score (nSPS) is 11.3. The third kappa shape index (κ3) is 2.84. The van der Waals surface area contributed by atoms with Crippen LogP contribution in [0, 0.1) is 27.7 Å². The van der Waals surface area contributed by atoms with Crippen LogP contribution in [-0.4, -0.2) is 14.5 Å². The standard InChI is InChI=1S/C26H23N3O/c1-16-7-5-8-17(2)23(16)20-13-18(3)25(19(4)14-20)29-12-11-27-26(29)21-9-6-10-22-24(21)28-15-30-22/h5-15H,1-4H3. The molecule has 0 amide bonds. The molecule has 5 rings (SSSR count). The lowest BCUT2D eigenvalue weighted by molar-refractivity contribution is 0.602. The van der Waals surface area contributed by atoms with Gasteiger partial charge in [-0.15, -0.1) is 0 Å². The van der Waals surface area contributed by atoms with Crippen LogP contribution in [0.25, 0.3) is 39.3 Å². The van der Waals surface area contributed by atoms with Crippen LogP contribution < -0.4 is 0 Å². The maximum atomic E-state index is 5.49. The smallest absolute Gasteiger partial charge is 0.182 e. The molecule has 2 heterocycles. The highest BCUT2D eigenvalue weighted by Gasteiger charge is 2.17. The number of para-hydroxylation sites is 1. The Morgan fingerprint density at radius 3 is 2.23 bits per heavy atom. The Morgan fingerprint density at radius 1 is 0.800 bits per heavy atom. The lowest BCUT2D eigenvalue weighted by atomic mass is 9.92. The quantitative estimate of drug-likeness (QED) is 0.348. The Hall–Kier alpha value is -3.66. The van der Waals surface area contributed by atoms with Gasteiger partial charge in [0.2, 0.25) is 0 Å². The zero-order valence-electron chi connectivity index (χ0n) is 17.6.